The standard InChI is InChI=1S/C10H13NO5S/c1-15-9-6-7(11-17(3,13)14)4-5-8(9)10(12)16-2/h4-6,11H,1-3H3. The van der Waals surface area contributed by atoms with Crippen molar-refractivity contribution in [1.82, 2.24) is 0 Å². The van der Waals surface area contributed by atoms with E-state index in [4.69, 9.17) is 4.74 Å². The SMILES string of the molecule is COC(=O)c1ccc(NS(C)(=O)=O)cc1OC. The van der Waals surface area contributed by atoms with Gasteiger partial charge in [0, 0.05) is 6.07 Å². The molecule has 0 heterocycles. The van der Waals surface area contributed by atoms with E-state index in [9.17, 15) is 13.2 Å². The molecular weight excluding hydrogens is 246 g/mol. The Morgan fingerprint density at radius 2 is 1.94 bits per heavy atom. The third-order valence-corrected chi connectivity index (χ3v) is 2.52. The highest BCUT2D eigenvalue weighted by molar-refractivity contribution is 7.92. The van der Waals surface area contributed by atoms with Gasteiger partial charge in [0.2, 0.25) is 10.0 Å². The molecule has 0 spiro atoms. The quantitative estimate of drug-likeness (QED) is 0.811. The third-order valence-electron chi connectivity index (χ3n) is 1.91. The van der Waals surface area contributed by atoms with Gasteiger partial charge in [-0.1, -0.05) is 0 Å². The molecule has 0 aliphatic heterocycles. The molecule has 0 saturated carbocycles. The molecule has 1 aromatic carbocycles. The number of nitrogens with one attached hydrogen (secondary N) is 1. The molecule has 94 valence electrons. The van der Waals surface area contributed by atoms with Crippen molar-refractivity contribution in [3.8, 4) is 5.75 Å². The third kappa shape index (κ3) is 3.63. The van der Waals surface area contributed by atoms with Crippen LogP contribution in [-0.2, 0) is 14.8 Å². The molecule has 0 atom stereocenters. The van der Waals surface area contributed by atoms with E-state index in [-0.39, 0.29) is 11.3 Å². The zero-order valence-electron chi connectivity index (χ0n) is 9.68. The van der Waals surface area contributed by atoms with Crippen LogP contribution in [0.25, 0.3) is 0 Å². The normalized spacial score (nSPS) is 10.8. The molecule has 6 nitrogen and oxygen atoms in total. The molecule has 0 unspecified atom stereocenters. The first-order valence-electron chi connectivity index (χ1n) is 4.61. The van der Waals surface area contributed by atoms with E-state index in [2.05, 4.69) is 9.46 Å². The van der Waals surface area contributed by atoms with Crippen LogP contribution in [0.5, 0.6) is 5.75 Å². The molecule has 0 amide bonds. The van der Waals surface area contributed by atoms with Gasteiger partial charge in [-0.25, -0.2) is 13.2 Å². The molecule has 0 saturated heterocycles. The van der Waals surface area contributed by atoms with Crippen molar-refractivity contribution in [3.05, 3.63) is 23.8 Å². The fourth-order valence-electron chi connectivity index (χ4n) is 1.25. The predicted molar refractivity (Wildman–Crippen MR) is 62.8 cm³/mol. The zero-order chi connectivity index (χ0) is 13.1. The Balaban J connectivity index is 3.13. The zero-order valence-corrected chi connectivity index (χ0v) is 10.5. The van der Waals surface area contributed by atoms with E-state index in [0.717, 1.165) is 6.26 Å². The van der Waals surface area contributed by atoms with Crippen molar-refractivity contribution in [2.24, 2.45) is 0 Å². The highest BCUT2D eigenvalue weighted by Crippen LogP contribution is 2.24. The second kappa shape index (κ2) is 5.05. The lowest BCUT2D eigenvalue weighted by Gasteiger charge is -2.09. The first kappa shape index (κ1) is 13.3. The predicted octanol–water partition coefficient (Wildman–Crippen LogP) is 0.853. The summed E-state index contributed by atoms with van der Waals surface area (Å²) in [7, 11) is -0.727. The van der Waals surface area contributed by atoms with Crippen LogP contribution in [-0.4, -0.2) is 34.9 Å². The van der Waals surface area contributed by atoms with Crippen molar-refractivity contribution in [2.75, 3.05) is 25.2 Å². The number of anilines is 1. The summed E-state index contributed by atoms with van der Waals surface area (Å²) in [5, 5.41) is 0. The van der Waals surface area contributed by atoms with Crippen molar-refractivity contribution in [1.29, 1.82) is 0 Å². The number of carbonyl (C=O) groups is 1. The maximum absolute atomic E-state index is 11.3. The van der Waals surface area contributed by atoms with Gasteiger partial charge < -0.3 is 9.47 Å². The molecule has 1 rings (SSSR count). The summed E-state index contributed by atoms with van der Waals surface area (Å²) in [6, 6.07) is 4.29. The van der Waals surface area contributed by atoms with Crippen molar-refractivity contribution in [2.45, 2.75) is 0 Å². The monoisotopic (exact) mass is 259 g/mol. The van der Waals surface area contributed by atoms with Crippen LogP contribution in [0.2, 0.25) is 0 Å². The fourth-order valence-corrected chi connectivity index (χ4v) is 1.80. The minimum absolute atomic E-state index is 0.231. The minimum atomic E-state index is -3.36. The van der Waals surface area contributed by atoms with E-state index >= 15 is 0 Å². The second-order valence-electron chi connectivity index (χ2n) is 3.28. The molecule has 0 aliphatic carbocycles. The number of hydrogen-bond donors (Lipinski definition) is 1. The summed E-state index contributed by atoms with van der Waals surface area (Å²) in [4.78, 5) is 11.3. The number of esters is 1. The number of hydrogen-bond acceptors (Lipinski definition) is 5. The number of ether oxygens (including phenoxy) is 2. The fraction of sp³-hybridized carbons (Fsp3) is 0.300. The van der Waals surface area contributed by atoms with Crippen molar-refractivity contribution < 1.29 is 22.7 Å². The first-order chi connectivity index (χ1) is 7.87. The van der Waals surface area contributed by atoms with Crippen LogP contribution >= 0.6 is 0 Å². The Labute approximate surface area is 99.6 Å². The van der Waals surface area contributed by atoms with E-state index in [1.807, 2.05) is 0 Å². The average Bonchev–Trinajstić information content (AvgIpc) is 2.25. The molecule has 7 heteroatoms. The first-order valence-corrected chi connectivity index (χ1v) is 6.50. The van der Waals surface area contributed by atoms with E-state index < -0.39 is 16.0 Å². The molecule has 0 bridgehead atoms. The lowest BCUT2D eigenvalue weighted by atomic mass is 10.2. The van der Waals surface area contributed by atoms with Crippen LogP contribution in [0.3, 0.4) is 0 Å². The van der Waals surface area contributed by atoms with Gasteiger partial charge in [0.1, 0.15) is 11.3 Å². The number of benzene rings is 1. The van der Waals surface area contributed by atoms with Gasteiger partial charge in [-0.2, -0.15) is 0 Å². The lowest BCUT2D eigenvalue weighted by Crippen LogP contribution is -2.10. The van der Waals surface area contributed by atoms with Crippen molar-refractivity contribution >= 4 is 21.7 Å². The lowest BCUT2D eigenvalue weighted by molar-refractivity contribution is 0.0597. The highest BCUT2D eigenvalue weighted by atomic mass is 32.2. The summed E-state index contributed by atoms with van der Waals surface area (Å²) in [6.45, 7) is 0. The Kier molecular flexibility index (Phi) is 3.95. The maximum atomic E-state index is 11.3. The van der Waals surface area contributed by atoms with Gasteiger partial charge in [-0.05, 0) is 12.1 Å². The number of rotatable bonds is 4. The van der Waals surface area contributed by atoms with Crippen LogP contribution in [0.4, 0.5) is 5.69 Å². The largest absolute Gasteiger partial charge is 0.496 e. The van der Waals surface area contributed by atoms with Crippen LogP contribution in [0.1, 0.15) is 10.4 Å². The Hall–Kier alpha value is -1.76. The molecule has 17 heavy (non-hydrogen) atoms. The Morgan fingerprint density at radius 1 is 1.29 bits per heavy atom. The molecule has 0 radical (unpaired) electrons. The molecule has 1 aromatic rings. The topological polar surface area (TPSA) is 81.7 Å². The Bertz CT molecular complexity index is 523. The second-order valence-corrected chi connectivity index (χ2v) is 5.03. The van der Waals surface area contributed by atoms with E-state index in [0.29, 0.717) is 5.69 Å². The molecule has 1 N–H and O–H groups in total. The molecule has 0 fully saturated rings. The summed E-state index contributed by atoms with van der Waals surface area (Å²) in [5.41, 5.74) is 0.547. The maximum Gasteiger partial charge on any atom is 0.341 e. The molecule has 0 aliphatic rings. The number of carbonyl (C=O) groups excluding carboxylic acids is 1. The van der Waals surface area contributed by atoms with Gasteiger partial charge in [0.25, 0.3) is 0 Å². The molecule has 0 aromatic heterocycles. The van der Waals surface area contributed by atoms with E-state index in [1.54, 1.807) is 0 Å². The van der Waals surface area contributed by atoms with Gasteiger partial charge >= 0.3 is 5.97 Å². The Morgan fingerprint density at radius 3 is 2.41 bits per heavy atom. The molecular formula is C10H13NO5S. The number of methoxy groups -OCH3 is 2. The van der Waals surface area contributed by atoms with Crippen LogP contribution in [0.15, 0.2) is 18.2 Å². The summed E-state index contributed by atoms with van der Waals surface area (Å²) in [5.74, 6) is -0.307. The summed E-state index contributed by atoms with van der Waals surface area (Å²) in [6.07, 6.45) is 1.04. The van der Waals surface area contributed by atoms with Gasteiger partial charge in [0.05, 0.1) is 26.2 Å². The number of sulfonamides is 1. The van der Waals surface area contributed by atoms with Gasteiger partial charge in [-0.15, -0.1) is 0 Å². The van der Waals surface area contributed by atoms with Gasteiger partial charge in [-0.3, -0.25) is 4.72 Å². The van der Waals surface area contributed by atoms with Crippen LogP contribution < -0.4 is 9.46 Å². The van der Waals surface area contributed by atoms with Crippen molar-refractivity contribution in [3.63, 3.8) is 0 Å². The summed E-state index contributed by atoms with van der Waals surface area (Å²) >= 11 is 0. The van der Waals surface area contributed by atoms with E-state index in [1.165, 1.54) is 32.4 Å². The minimum Gasteiger partial charge on any atom is -0.496 e. The highest BCUT2D eigenvalue weighted by Gasteiger charge is 2.14. The van der Waals surface area contributed by atoms with Gasteiger partial charge in [0.15, 0.2) is 0 Å². The van der Waals surface area contributed by atoms with Crippen LogP contribution in [0, 0.1) is 0 Å². The summed E-state index contributed by atoms with van der Waals surface area (Å²) < 4.78 is 33.9. The smallest absolute Gasteiger partial charge is 0.341 e. The average molecular weight is 259 g/mol.